The molecule has 0 saturated heterocycles. The summed E-state index contributed by atoms with van der Waals surface area (Å²) in [7, 11) is 0. The number of hydrogen-bond donors (Lipinski definition) is 6. The van der Waals surface area contributed by atoms with Crippen molar-refractivity contribution in [3.8, 4) is 5.75 Å². The van der Waals surface area contributed by atoms with Gasteiger partial charge in [-0.15, -0.1) is 11.3 Å². The lowest BCUT2D eigenvalue weighted by Crippen LogP contribution is -2.49. The van der Waals surface area contributed by atoms with Gasteiger partial charge in [0.15, 0.2) is 5.13 Å². The number of benzene rings is 2. The second-order valence-corrected chi connectivity index (χ2v) is 10.3. The van der Waals surface area contributed by atoms with Crippen LogP contribution >= 0.6 is 11.3 Å². The maximum atomic E-state index is 13.0. The van der Waals surface area contributed by atoms with E-state index in [1.807, 2.05) is 30.3 Å². The molecule has 0 spiro atoms. The predicted molar refractivity (Wildman–Crippen MR) is 158 cm³/mol. The second kappa shape index (κ2) is 15.7. The van der Waals surface area contributed by atoms with Crippen molar-refractivity contribution in [1.82, 2.24) is 30.9 Å². The molecule has 0 fully saturated rings. The van der Waals surface area contributed by atoms with Crippen molar-refractivity contribution in [2.45, 2.75) is 38.0 Å². The quantitative estimate of drug-likeness (QED) is 0.126. The number of H-pyrrole nitrogens is 1. The molecule has 13 nitrogen and oxygen atoms in total. The summed E-state index contributed by atoms with van der Waals surface area (Å²) in [5.74, 6) is -1.38. The van der Waals surface area contributed by atoms with E-state index in [9.17, 15) is 24.3 Å². The van der Waals surface area contributed by atoms with Crippen LogP contribution in [-0.2, 0) is 38.6 Å². The number of carbonyl (C=O) groups excluding carboxylic acids is 4. The third-order valence-corrected chi connectivity index (χ3v) is 6.83. The Balaban J connectivity index is 1.30. The second-order valence-electron chi connectivity index (χ2n) is 9.40. The van der Waals surface area contributed by atoms with Crippen LogP contribution in [0.2, 0.25) is 0 Å². The lowest BCUT2D eigenvalue weighted by Gasteiger charge is -2.19. The van der Waals surface area contributed by atoms with Gasteiger partial charge in [-0.2, -0.15) is 0 Å². The number of alkyl carbamates (subject to hydrolysis) is 1. The summed E-state index contributed by atoms with van der Waals surface area (Å²) in [5, 5.41) is 22.3. The fraction of sp³-hybridized carbons (Fsp3) is 0.241. The first-order valence-electron chi connectivity index (χ1n) is 13.4. The van der Waals surface area contributed by atoms with E-state index in [0.717, 1.165) is 11.1 Å². The van der Waals surface area contributed by atoms with E-state index in [1.165, 1.54) is 36.0 Å². The minimum absolute atomic E-state index is 0.0344. The number of aromatic hydroxyl groups is 1. The zero-order chi connectivity index (χ0) is 30.4. The normalized spacial score (nSPS) is 12.0. The van der Waals surface area contributed by atoms with E-state index in [2.05, 4.69) is 36.2 Å². The molecule has 4 amide bonds. The molecule has 14 heteroatoms. The molecule has 0 bridgehead atoms. The van der Waals surface area contributed by atoms with Crippen molar-refractivity contribution in [1.29, 1.82) is 0 Å². The fourth-order valence-corrected chi connectivity index (χ4v) is 4.51. The number of hydrogen-bond acceptors (Lipinski definition) is 9. The highest BCUT2D eigenvalue weighted by Gasteiger charge is 2.24. The molecule has 2 heterocycles. The van der Waals surface area contributed by atoms with Crippen LogP contribution in [0.1, 0.15) is 23.2 Å². The first-order chi connectivity index (χ1) is 20.9. The van der Waals surface area contributed by atoms with Gasteiger partial charge in [-0.05, 0) is 23.3 Å². The lowest BCUT2D eigenvalue weighted by atomic mass is 10.0. The summed E-state index contributed by atoms with van der Waals surface area (Å²) in [6.45, 7) is -0.0163. The number of ether oxygens (including phenoxy) is 1. The van der Waals surface area contributed by atoms with Gasteiger partial charge >= 0.3 is 6.09 Å². The molecule has 0 aliphatic heterocycles. The number of phenols is 1. The van der Waals surface area contributed by atoms with Crippen molar-refractivity contribution < 1.29 is 29.0 Å². The van der Waals surface area contributed by atoms with Crippen molar-refractivity contribution in [3.05, 3.63) is 95.5 Å². The predicted octanol–water partition coefficient (Wildman–Crippen LogP) is 2.28. The van der Waals surface area contributed by atoms with Crippen LogP contribution in [0.15, 0.2) is 78.7 Å². The van der Waals surface area contributed by atoms with Crippen molar-refractivity contribution in [2.75, 3.05) is 11.9 Å². The third kappa shape index (κ3) is 10.3. The SMILES string of the molecule is O=C(CCNC(=O)[C@H](Cc1cnc[nH]1)NC(=O)OCc1ccccc1)N[C@@H](Cc1ccc(O)cc1)C(=O)Nc1nccs1. The summed E-state index contributed by atoms with van der Waals surface area (Å²) >= 11 is 1.24. The molecule has 43 heavy (non-hydrogen) atoms. The minimum Gasteiger partial charge on any atom is -0.508 e. The molecule has 2 aromatic carbocycles. The summed E-state index contributed by atoms with van der Waals surface area (Å²) in [5.41, 5.74) is 2.13. The van der Waals surface area contributed by atoms with Gasteiger partial charge in [0, 0.05) is 49.3 Å². The molecule has 2 aromatic heterocycles. The molecule has 0 aliphatic carbocycles. The van der Waals surface area contributed by atoms with Crippen LogP contribution in [-0.4, -0.2) is 62.5 Å². The van der Waals surface area contributed by atoms with Gasteiger partial charge < -0.3 is 36.1 Å². The Kier molecular flexibility index (Phi) is 11.2. The third-order valence-electron chi connectivity index (χ3n) is 6.14. The number of nitrogens with one attached hydrogen (secondary N) is 5. The van der Waals surface area contributed by atoms with Crippen molar-refractivity contribution in [2.24, 2.45) is 0 Å². The van der Waals surface area contributed by atoms with Crippen LogP contribution < -0.4 is 21.3 Å². The van der Waals surface area contributed by atoms with Gasteiger partial charge in [0.2, 0.25) is 17.7 Å². The van der Waals surface area contributed by atoms with E-state index in [0.29, 0.717) is 10.8 Å². The zero-order valence-electron chi connectivity index (χ0n) is 23.0. The van der Waals surface area contributed by atoms with Crippen molar-refractivity contribution >= 4 is 40.3 Å². The highest BCUT2D eigenvalue weighted by Crippen LogP contribution is 2.14. The smallest absolute Gasteiger partial charge is 0.408 e. The number of aromatic nitrogens is 3. The minimum atomic E-state index is -1.00. The maximum absolute atomic E-state index is 13.0. The average Bonchev–Trinajstić information content (AvgIpc) is 3.72. The standard InChI is InChI=1S/C29H31N7O6S/c37-22-8-6-19(7-9-22)14-23(27(40)36-28-32-12-13-43-28)34-25(38)10-11-31-26(39)24(15-21-16-30-18-33-21)35-29(41)42-17-20-4-2-1-3-5-20/h1-9,12-13,16,18,23-24,37H,10-11,14-15,17H2,(H,30,33)(H,31,39)(H,34,38)(H,35,41)(H,32,36,40)/t23-,24-/m0/s1. The van der Waals surface area contributed by atoms with Crippen LogP contribution in [0.5, 0.6) is 5.75 Å². The number of thiazole rings is 1. The Labute approximate surface area is 251 Å². The number of aromatic amines is 1. The molecule has 0 radical (unpaired) electrons. The van der Waals surface area contributed by atoms with Gasteiger partial charge in [-0.3, -0.25) is 14.4 Å². The molecule has 2 atom stereocenters. The number of amides is 4. The Bertz CT molecular complexity index is 1470. The van der Waals surface area contributed by atoms with Gasteiger partial charge in [0.1, 0.15) is 24.4 Å². The Morgan fingerprint density at radius 2 is 1.70 bits per heavy atom. The van der Waals surface area contributed by atoms with Crippen LogP contribution in [0, 0.1) is 0 Å². The first-order valence-corrected chi connectivity index (χ1v) is 14.2. The number of rotatable bonds is 14. The first kappa shape index (κ1) is 30.7. The summed E-state index contributed by atoms with van der Waals surface area (Å²) in [6, 6.07) is 13.5. The van der Waals surface area contributed by atoms with Gasteiger partial charge in [-0.25, -0.2) is 14.8 Å². The summed E-state index contributed by atoms with van der Waals surface area (Å²) < 4.78 is 5.25. The van der Waals surface area contributed by atoms with Gasteiger partial charge in [0.25, 0.3) is 0 Å². The molecule has 0 unspecified atom stereocenters. The zero-order valence-corrected chi connectivity index (χ0v) is 23.8. The molecular weight excluding hydrogens is 574 g/mol. The Hall–Kier alpha value is -5.24. The van der Waals surface area contributed by atoms with E-state index >= 15 is 0 Å². The Morgan fingerprint density at radius 3 is 2.40 bits per heavy atom. The number of phenolic OH excluding ortho intramolecular Hbond substituents is 1. The van der Waals surface area contributed by atoms with Crippen LogP contribution in [0.3, 0.4) is 0 Å². The number of imidazole rings is 1. The lowest BCUT2D eigenvalue weighted by molar-refractivity contribution is -0.127. The Morgan fingerprint density at radius 1 is 0.930 bits per heavy atom. The fourth-order valence-electron chi connectivity index (χ4n) is 3.98. The molecule has 6 N–H and O–H groups in total. The average molecular weight is 606 g/mol. The van der Waals surface area contributed by atoms with E-state index in [1.54, 1.807) is 23.7 Å². The van der Waals surface area contributed by atoms with Crippen LogP contribution in [0.25, 0.3) is 0 Å². The van der Waals surface area contributed by atoms with E-state index in [-0.39, 0.29) is 38.2 Å². The monoisotopic (exact) mass is 605 g/mol. The maximum Gasteiger partial charge on any atom is 0.408 e. The number of carbonyl (C=O) groups is 4. The molecule has 4 aromatic rings. The molecule has 4 rings (SSSR count). The van der Waals surface area contributed by atoms with Crippen molar-refractivity contribution in [3.63, 3.8) is 0 Å². The topological polar surface area (TPSA) is 187 Å². The highest BCUT2D eigenvalue weighted by atomic mass is 32.1. The molecule has 0 saturated carbocycles. The largest absolute Gasteiger partial charge is 0.508 e. The molecule has 0 aliphatic rings. The van der Waals surface area contributed by atoms with Crippen LogP contribution in [0.4, 0.5) is 9.93 Å². The molecule has 224 valence electrons. The van der Waals surface area contributed by atoms with Gasteiger partial charge in [-0.1, -0.05) is 42.5 Å². The van der Waals surface area contributed by atoms with E-state index < -0.39 is 35.9 Å². The van der Waals surface area contributed by atoms with Gasteiger partial charge in [0.05, 0.1) is 6.33 Å². The number of anilines is 1. The summed E-state index contributed by atoms with van der Waals surface area (Å²) in [6.07, 6.45) is 3.92. The highest BCUT2D eigenvalue weighted by molar-refractivity contribution is 7.13. The molecular formula is C29H31N7O6S. The van der Waals surface area contributed by atoms with E-state index in [4.69, 9.17) is 4.74 Å². The summed E-state index contributed by atoms with van der Waals surface area (Å²) in [4.78, 5) is 62.1. The number of nitrogens with zero attached hydrogens (tertiary/aromatic N) is 2.